The molecule has 47 heavy (non-hydrogen) atoms. The number of hydrogen-bond acceptors (Lipinski definition) is 0. The van der Waals surface area contributed by atoms with Crippen LogP contribution < -0.4 is 21.2 Å². The Morgan fingerprint density at radius 2 is 0.596 bits per heavy atom. The molecule has 0 aromatic heterocycles. The van der Waals surface area contributed by atoms with Crippen molar-refractivity contribution in [3.8, 4) is 5.92 Å². The molecule has 1 fully saturated rings. The van der Waals surface area contributed by atoms with E-state index in [2.05, 4.69) is 162 Å². The van der Waals surface area contributed by atoms with Crippen LogP contribution in [0.4, 0.5) is 0 Å². The summed E-state index contributed by atoms with van der Waals surface area (Å²) in [5.74, 6) is 9.61. The van der Waals surface area contributed by atoms with Crippen LogP contribution in [-0.4, -0.2) is 12.3 Å². The van der Waals surface area contributed by atoms with Gasteiger partial charge in [-0.1, -0.05) is 174 Å². The van der Waals surface area contributed by atoms with Crippen molar-refractivity contribution in [2.75, 3.05) is 12.3 Å². The zero-order valence-corrected chi connectivity index (χ0v) is 31.0. The van der Waals surface area contributed by atoms with Crippen LogP contribution >= 0.6 is 15.8 Å². The van der Waals surface area contributed by atoms with Gasteiger partial charge in [-0.25, -0.2) is 0 Å². The second-order valence-electron chi connectivity index (χ2n) is 11.3. The van der Waals surface area contributed by atoms with E-state index in [0.717, 1.165) is 5.56 Å². The molecule has 0 atom stereocenters. The van der Waals surface area contributed by atoms with Crippen LogP contribution in [0.25, 0.3) is 0 Å². The summed E-state index contributed by atoms with van der Waals surface area (Å²) in [4.78, 5) is 0. The smallest absolute Gasteiger partial charge is 0.366 e. The van der Waals surface area contributed by atoms with E-state index in [0.29, 0.717) is 0 Å². The minimum absolute atomic E-state index is 0. The average molecular weight is 691 g/mol. The number of rotatable bonds is 7. The molecule has 0 bridgehead atoms. The molecule has 0 aliphatic heterocycles. The van der Waals surface area contributed by atoms with E-state index in [9.17, 15) is 0 Å². The summed E-state index contributed by atoms with van der Waals surface area (Å²) in [6, 6.07) is 53.6. The molecule has 1 aliphatic carbocycles. The summed E-state index contributed by atoms with van der Waals surface area (Å²) in [7, 11) is -0.696. The maximum atomic E-state index is 6.69. The fourth-order valence-corrected chi connectivity index (χ4v) is 10.7. The molecule has 237 valence electrons. The molecule has 1 aliphatic rings. The molecule has 5 radical (unpaired) electrons. The third-order valence-electron chi connectivity index (χ3n) is 8.55. The molecule has 0 amide bonds. The van der Waals surface area contributed by atoms with Gasteiger partial charge in [0.15, 0.2) is 0 Å². The minimum atomic E-state index is -0.348. The number of benzene rings is 5. The predicted molar refractivity (Wildman–Crippen MR) is 205 cm³/mol. The van der Waals surface area contributed by atoms with E-state index < -0.39 is 0 Å². The van der Waals surface area contributed by atoms with Crippen molar-refractivity contribution < 1.29 is 17.1 Å². The van der Waals surface area contributed by atoms with Crippen LogP contribution in [0.15, 0.2) is 152 Å². The topological polar surface area (TPSA) is 0 Å². The van der Waals surface area contributed by atoms with E-state index in [1.165, 1.54) is 63.1 Å². The van der Waals surface area contributed by atoms with Crippen LogP contribution in [0.3, 0.4) is 0 Å². The first-order chi connectivity index (χ1) is 22.4. The Morgan fingerprint density at radius 1 is 0.383 bits per heavy atom. The Bertz CT molecular complexity index is 1360. The summed E-state index contributed by atoms with van der Waals surface area (Å²) in [6.07, 6.45) is 9.11. The van der Waals surface area contributed by atoms with Crippen molar-refractivity contribution in [3.63, 3.8) is 0 Å². The summed E-state index contributed by atoms with van der Waals surface area (Å²) in [5, 5.41) is 5.89. The van der Waals surface area contributed by atoms with Gasteiger partial charge in [-0.05, 0) is 79.0 Å². The van der Waals surface area contributed by atoms with E-state index in [-0.39, 0.29) is 32.9 Å². The van der Waals surface area contributed by atoms with Crippen molar-refractivity contribution in [3.05, 3.63) is 193 Å². The second kappa shape index (κ2) is 20.4. The van der Waals surface area contributed by atoms with Gasteiger partial charge in [-0.2, -0.15) is 0 Å². The molecule has 0 unspecified atom stereocenters. The first-order valence-corrected chi connectivity index (χ1v) is 18.9. The van der Waals surface area contributed by atoms with Gasteiger partial charge in [-0.3, -0.25) is 5.92 Å². The Labute approximate surface area is 298 Å². The summed E-state index contributed by atoms with van der Waals surface area (Å²) in [5.41, 5.74) is 0.826. The summed E-state index contributed by atoms with van der Waals surface area (Å²) >= 11 is 0. The molecule has 6 rings (SSSR count). The van der Waals surface area contributed by atoms with E-state index in [1.54, 1.807) is 0 Å². The van der Waals surface area contributed by atoms with Gasteiger partial charge >= 0.3 is 17.1 Å². The van der Waals surface area contributed by atoms with Crippen LogP contribution in [0.2, 0.25) is 0 Å². The molecule has 5 aromatic carbocycles. The zero-order chi connectivity index (χ0) is 32.7. The quantitative estimate of drug-likeness (QED) is 0.0691. The van der Waals surface area contributed by atoms with E-state index in [4.69, 9.17) is 6.42 Å². The fraction of sp³-hybridized carbons (Fsp3) is 0.159. The largest absolute Gasteiger partial charge is 2.00 e. The molecule has 5 aromatic rings. The van der Waals surface area contributed by atoms with Crippen LogP contribution in [0, 0.1) is 41.9 Å². The van der Waals surface area contributed by atoms with Crippen molar-refractivity contribution >= 4 is 37.1 Å². The van der Waals surface area contributed by atoms with Gasteiger partial charge in [0.25, 0.3) is 0 Å². The SMILES string of the molecule is C[C]1[C](C)[C](C)[C](C)[C]1C.[C-]#Cc1ccccc1.[Fe+2].c1ccc(P(CCP(c2ccccc2)c2ccccc2)c2ccccc2)cc1. The average Bonchev–Trinajstić information content (AvgIpc) is 3.29. The third kappa shape index (κ3) is 11.3. The van der Waals surface area contributed by atoms with Gasteiger partial charge in [0.1, 0.15) is 0 Å². The fourth-order valence-electron chi connectivity index (χ4n) is 5.37. The molecule has 0 spiro atoms. The minimum Gasteiger partial charge on any atom is -0.366 e. The van der Waals surface area contributed by atoms with Crippen LogP contribution in [0.1, 0.15) is 40.2 Å². The van der Waals surface area contributed by atoms with Crippen molar-refractivity contribution in [2.24, 2.45) is 0 Å². The van der Waals surface area contributed by atoms with E-state index in [1.807, 2.05) is 30.3 Å². The van der Waals surface area contributed by atoms with Gasteiger partial charge in [0.05, 0.1) is 0 Å². The monoisotopic (exact) mass is 690 g/mol. The Hall–Kier alpha value is -2.96. The Morgan fingerprint density at radius 3 is 0.787 bits per heavy atom. The maximum absolute atomic E-state index is 6.69. The van der Waals surface area contributed by atoms with Crippen LogP contribution in [-0.2, 0) is 17.1 Å². The van der Waals surface area contributed by atoms with Gasteiger partial charge in [0.2, 0.25) is 0 Å². The van der Waals surface area contributed by atoms with Crippen molar-refractivity contribution in [1.82, 2.24) is 0 Å². The summed E-state index contributed by atoms with van der Waals surface area (Å²) < 4.78 is 0. The molecule has 0 heterocycles. The zero-order valence-electron chi connectivity index (χ0n) is 28.1. The normalized spacial score (nSPS) is 14.0. The molecule has 0 nitrogen and oxygen atoms in total. The standard InChI is InChI=1S/C26H24P2.C10H15.C8H5.Fe/c1-5-13-23(14-6-1)27(24-15-7-2-8-16-24)21-22-28(25-17-9-3-10-18-25)26-19-11-4-12-20-26;1-6-7(2)9(4)10(5)8(6)3;1-2-8-6-4-3-5-7-8;/h1-20H,21-22H2;1-5H3;3-7H;/q;;-1;+2. The van der Waals surface area contributed by atoms with Gasteiger partial charge < -0.3 is 6.42 Å². The van der Waals surface area contributed by atoms with Crippen LogP contribution in [0.5, 0.6) is 0 Å². The van der Waals surface area contributed by atoms with E-state index >= 15 is 0 Å². The molecular weight excluding hydrogens is 646 g/mol. The molecule has 0 N–H and O–H groups in total. The predicted octanol–water partition coefficient (Wildman–Crippen LogP) is 9.85. The van der Waals surface area contributed by atoms with Gasteiger partial charge in [-0.15, -0.1) is 17.7 Å². The molecule has 0 saturated heterocycles. The first kappa shape index (κ1) is 38.5. The van der Waals surface area contributed by atoms with Gasteiger partial charge in [0, 0.05) is 0 Å². The first-order valence-electron chi connectivity index (χ1n) is 15.8. The third-order valence-corrected chi connectivity index (χ3v) is 13.9. The Balaban J connectivity index is 0.000000258. The van der Waals surface area contributed by atoms with Crippen molar-refractivity contribution in [2.45, 2.75) is 34.6 Å². The van der Waals surface area contributed by atoms with Crippen molar-refractivity contribution in [1.29, 1.82) is 0 Å². The molecular formula is C44H44FeP2+. The molecule has 3 heteroatoms. The second-order valence-corrected chi connectivity index (χ2v) is 15.9. The maximum Gasteiger partial charge on any atom is 2.00 e. The summed E-state index contributed by atoms with van der Waals surface area (Å²) in [6.45, 7) is 11.0. The molecule has 1 saturated carbocycles. The number of hydrogen-bond donors (Lipinski definition) is 0. The Kier molecular flexibility index (Phi) is 16.7.